The van der Waals surface area contributed by atoms with E-state index in [0.717, 1.165) is 6.54 Å². The molecule has 94 valence electrons. The third-order valence-corrected chi connectivity index (χ3v) is 2.18. The van der Waals surface area contributed by atoms with Gasteiger partial charge in [-0.1, -0.05) is 0 Å². The second-order valence-corrected chi connectivity index (χ2v) is 3.51. The molecule has 0 spiro atoms. The molecule has 17 heavy (non-hydrogen) atoms. The first kappa shape index (κ1) is 13.6. The van der Waals surface area contributed by atoms with E-state index in [4.69, 9.17) is 4.74 Å². The molecule has 0 fully saturated rings. The SMILES string of the molecule is COCCNCCNC(=O)c1ccc(F)cc1. The fourth-order valence-electron chi connectivity index (χ4n) is 1.27. The van der Waals surface area contributed by atoms with E-state index in [0.29, 0.717) is 25.3 Å². The molecule has 1 amide bonds. The van der Waals surface area contributed by atoms with Crippen molar-refractivity contribution in [2.45, 2.75) is 0 Å². The van der Waals surface area contributed by atoms with Crippen LogP contribution in [0.4, 0.5) is 4.39 Å². The maximum absolute atomic E-state index is 12.6. The number of carbonyl (C=O) groups is 1. The molecule has 2 N–H and O–H groups in total. The van der Waals surface area contributed by atoms with Crippen LogP contribution in [0.3, 0.4) is 0 Å². The number of halogens is 1. The van der Waals surface area contributed by atoms with Gasteiger partial charge >= 0.3 is 0 Å². The highest BCUT2D eigenvalue weighted by atomic mass is 19.1. The van der Waals surface area contributed by atoms with Crippen molar-refractivity contribution < 1.29 is 13.9 Å². The summed E-state index contributed by atoms with van der Waals surface area (Å²) in [4.78, 5) is 11.6. The molecule has 0 aliphatic heterocycles. The van der Waals surface area contributed by atoms with Gasteiger partial charge in [0, 0.05) is 32.3 Å². The summed E-state index contributed by atoms with van der Waals surface area (Å²) in [6, 6.07) is 5.46. The molecular weight excluding hydrogens is 223 g/mol. The minimum absolute atomic E-state index is 0.196. The van der Waals surface area contributed by atoms with Crippen molar-refractivity contribution in [1.82, 2.24) is 10.6 Å². The molecule has 0 bridgehead atoms. The second-order valence-electron chi connectivity index (χ2n) is 3.51. The molecule has 0 saturated carbocycles. The Kier molecular flexibility index (Phi) is 6.21. The summed E-state index contributed by atoms with van der Waals surface area (Å²) in [5.74, 6) is -0.540. The third-order valence-electron chi connectivity index (χ3n) is 2.18. The van der Waals surface area contributed by atoms with Gasteiger partial charge in [0.05, 0.1) is 6.61 Å². The monoisotopic (exact) mass is 240 g/mol. The minimum atomic E-state index is -0.345. The first-order chi connectivity index (χ1) is 8.24. The van der Waals surface area contributed by atoms with Crippen LogP contribution in [0.15, 0.2) is 24.3 Å². The Morgan fingerprint density at radius 1 is 1.24 bits per heavy atom. The van der Waals surface area contributed by atoms with E-state index in [1.807, 2.05) is 0 Å². The lowest BCUT2D eigenvalue weighted by atomic mass is 10.2. The third kappa shape index (κ3) is 5.42. The molecule has 0 radical (unpaired) electrons. The number of benzene rings is 1. The molecular formula is C12H17FN2O2. The summed E-state index contributed by atoms with van der Waals surface area (Å²) in [7, 11) is 1.64. The predicted octanol–water partition coefficient (Wildman–Crippen LogP) is 0.791. The number of methoxy groups -OCH3 is 1. The largest absolute Gasteiger partial charge is 0.383 e. The van der Waals surface area contributed by atoms with Crippen molar-refractivity contribution in [1.29, 1.82) is 0 Å². The zero-order chi connectivity index (χ0) is 12.5. The van der Waals surface area contributed by atoms with Gasteiger partial charge in [-0.05, 0) is 24.3 Å². The lowest BCUT2D eigenvalue weighted by Gasteiger charge is -2.06. The molecule has 0 atom stereocenters. The Morgan fingerprint density at radius 3 is 2.59 bits per heavy atom. The van der Waals surface area contributed by atoms with Gasteiger partial charge in [0.2, 0.25) is 0 Å². The van der Waals surface area contributed by atoms with Crippen LogP contribution in [0.2, 0.25) is 0 Å². The van der Waals surface area contributed by atoms with Gasteiger partial charge in [0.25, 0.3) is 5.91 Å². The van der Waals surface area contributed by atoms with Crippen molar-refractivity contribution in [3.05, 3.63) is 35.6 Å². The minimum Gasteiger partial charge on any atom is -0.383 e. The number of carbonyl (C=O) groups excluding carboxylic acids is 1. The average Bonchev–Trinajstić information content (AvgIpc) is 2.34. The Hall–Kier alpha value is -1.46. The van der Waals surface area contributed by atoms with Crippen molar-refractivity contribution in [2.75, 3.05) is 33.4 Å². The van der Waals surface area contributed by atoms with E-state index in [9.17, 15) is 9.18 Å². The fraction of sp³-hybridized carbons (Fsp3) is 0.417. The van der Waals surface area contributed by atoms with Crippen LogP contribution >= 0.6 is 0 Å². The van der Waals surface area contributed by atoms with Gasteiger partial charge in [-0.15, -0.1) is 0 Å². The molecule has 0 heterocycles. The summed E-state index contributed by atoms with van der Waals surface area (Å²) in [5, 5.41) is 5.83. The number of amides is 1. The summed E-state index contributed by atoms with van der Waals surface area (Å²) in [5.41, 5.74) is 0.461. The Morgan fingerprint density at radius 2 is 1.94 bits per heavy atom. The summed E-state index contributed by atoms with van der Waals surface area (Å²) >= 11 is 0. The number of hydrogen-bond acceptors (Lipinski definition) is 3. The number of ether oxygens (including phenoxy) is 1. The molecule has 0 aromatic heterocycles. The van der Waals surface area contributed by atoms with E-state index in [-0.39, 0.29) is 11.7 Å². The Labute approximate surface area is 100 Å². The maximum atomic E-state index is 12.6. The summed E-state index contributed by atoms with van der Waals surface area (Å²) < 4.78 is 17.5. The highest BCUT2D eigenvalue weighted by Crippen LogP contribution is 2.01. The Bertz CT molecular complexity index is 341. The summed E-state index contributed by atoms with van der Waals surface area (Å²) in [6.45, 7) is 2.60. The highest BCUT2D eigenvalue weighted by Gasteiger charge is 2.03. The standard InChI is InChI=1S/C12H17FN2O2/c1-17-9-8-14-6-7-15-12(16)10-2-4-11(13)5-3-10/h2-5,14H,6-9H2,1H3,(H,15,16). The first-order valence-corrected chi connectivity index (χ1v) is 5.47. The van der Waals surface area contributed by atoms with Crippen LogP contribution in [-0.4, -0.2) is 39.3 Å². The smallest absolute Gasteiger partial charge is 0.251 e. The van der Waals surface area contributed by atoms with Crippen molar-refractivity contribution in [3.8, 4) is 0 Å². The van der Waals surface area contributed by atoms with Crippen LogP contribution in [0.5, 0.6) is 0 Å². The molecule has 1 rings (SSSR count). The van der Waals surface area contributed by atoms with E-state index in [2.05, 4.69) is 10.6 Å². The zero-order valence-corrected chi connectivity index (χ0v) is 9.83. The molecule has 0 aliphatic carbocycles. The lowest BCUT2D eigenvalue weighted by molar-refractivity contribution is 0.0953. The van der Waals surface area contributed by atoms with E-state index >= 15 is 0 Å². The average molecular weight is 240 g/mol. The summed E-state index contributed by atoms with van der Waals surface area (Å²) in [6.07, 6.45) is 0. The quantitative estimate of drug-likeness (QED) is 0.693. The van der Waals surface area contributed by atoms with Crippen LogP contribution < -0.4 is 10.6 Å². The van der Waals surface area contributed by atoms with Crippen LogP contribution in [0, 0.1) is 5.82 Å². The molecule has 5 heteroatoms. The zero-order valence-electron chi connectivity index (χ0n) is 9.83. The highest BCUT2D eigenvalue weighted by molar-refractivity contribution is 5.94. The first-order valence-electron chi connectivity index (χ1n) is 5.47. The number of hydrogen-bond donors (Lipinski definition) is 2. The molecule has 0 aliphatic rings. The van der Waals surface area contributed by atoms with Crippen molar-refractivity contribution >= 4 is 5.91 Å². The van der Waals surface area contributed by atoms with Gasteiger partial charge < -0.3 is 15.4 Å². The predicted molar refractivity (Wildman–Crippen MR) is 63.5 cm³/mol. The van der Waals surface area contributed by atoms with Gasteiger partial charge in [-0.3, -0.25) is 4.79 Å². The molecule has 1 aromatic rings. The molecule has 4 nitrogen and oxygen atoms in total. The van der Waals surface area contributed by atoms with Crippen LogP contribution in [0.25, 0.3) is 0 Å². The maximum Gasteiger partial charge on any atom is 0.251 e. The van der Waals surface area contributed by atoms with Gasteiger partial charge in [-0.25, -0.2) is 4.39 Å². The Balaban J connectivity index is 2.19. The molecule has 1 aromatic carbocycles. The topological polar surface area (TPSA) is 50.4 Å². The molecule has 0 unspecified atom stereocenters. The normalized spacial score (nSPS) is 10.2. The van der Waals surface area contributed by atoms with Crippen molar-refractivity contribution in [3.63, 3.8) is 0 Å². The number of rotatable bonds is 7. The van der Waals surface area contributed by atoms with Gasteiger partial charge in [-0.2, -0.15) is 0 Å². The second kappa shape index (κ2) is 7.76. The van der Waals surface area contributed by atoms with Crippen LogP contribution in [-0.2, 0) is 4.74 Å². The lowest BCUT2D eigenvalue weighted by Crippen LogP contribution is -2.33. The van der Waals surface area contributed by atoms with E-state index in [1.54, 1.807) is 7.11 Å². The van der Waals surface area contributed by atoms with Gasteiger partial charge in [0.15, 0.2) is 0 Å². The number of nitrogens with one attached hydrogen (secondary N) is 2. The molecule has 0 saturated heterocycles. The fourth-order valence-corrected chi connectivity index (χ4v) is 1.27. The van der Waals surface area contributed by atoms with Crippen molar-refractivity contribution in [2.24, 2.45) is 0 Å². The van der Waals surface area contributed by atoms with Crippen LogP contribution in [0.1, 0.15) is 10.4 Å². The van der Waals surface area contributed by atoms with E-state index < -0.39 is 0 Å². The van der Waals surface area contributed by atoms with E-state index in [1.165, 1.54) is 24.3 Å². The van der Waals surface area contributed by atoms with Gasteiger partial charge in [0.1, 0.15) is 5.82 Å².